The molecule has 2 heterocycles. The van der Waals surface area contributed by atoms with Gasteiger partial charge in [0.05, 0.1) is 17.1 Å². The van der Waals surface area contributed by atoms with Gasteiger partial charge in [-0.1, -0.05) is 12.1 Å². The molecule has 0 aliphatic carbocycles. The van der Waals surface area contributed by atoms with Gasteiger partial charge < -0.3 is 5.73 Å². The Bertz CT molecular complexity index is 663. The van der Waals surface area contributed by atoms with Crippen molar-refractivity contribution in [2.45, 2.75) is 13.8 Å². The second-order valence-corrected chi connectivity index (χ2v) is 4.46. The number of rotatable bonds is 4. The molecule has 0 unspecified atom stereocenters. The van der Waals surface area contributed by atoms with Gasteiger partial charge in [0.2, 0.25) is 5.95 Å². The lowest BCUT2D eigenvalue weighted by Gasteiger charge is -2.13. The number of nitrogens with two attached hydrogens (primary N) is 1. The summed E-state index contributed by atoms with van der Waals surface area (Å²) < 4.78 is 0. The second kappa shape index (κ2) is 6.60. The van der Waals surface area contributed by atoms with Crippen LogP contribution in [0.1, 0.15) is 13.8 Å². The average Bonchev–Trinajstić information content (AvgIpc) is 2.47. The minimum absolute atomic E-state index is 0.381. The maximum absolute atomic E-state index is 5.86. The third kappa shape index (κ3) is 3.85. The van der Waals surface area contributed by atoms with Crippen LogP contribution in [-0.2, 0) is 0 Å². The Morgan fingerprint density at radius 1 is 1.29 bits per heavy atom. The van der Waals surface area contributed by atoms with E-state index in [-0.39, 0.29) is 0 Å². The molecule has 0 radical (unpaired) electrons. The highest BCUT2D eigenvalue weighted by atomic mass is 15.5. The Labute approximate surface area is 124 Å². The molecule has 0 atom stereocenters. The van der Waals surface area contributed by atoms with E-state index in [1.807, 2.05) is 44.2 Å². The van der Waals surface area contributed by atoms with Gasteiger partial charge >= 0.3 is 0 Å². The molecular weight excluding hydrogens is 264 g/mol. The van der Waals surface area contributed by atoms with E-state index in [9.17, 15) is 0 Å². The molecular formula is C15H18N6. The number of nitrogens with zero attached hydrogens (tertiary/aromatic N) is 5. The van der Waals surface area contributed by atoms with Crippen molar-refractivity contribution in [3.8, 4) is 11.4 Å². The monoisotopic (exact) mass is 282 g/mol. The van der Waals surface area contributed by atoms with Crippen LogP contribution < -0.4 is 10.7 Å². The van der Waals surface area contributed by atoms with E-state index in [1.54, 1.807) is 24.3 Å². The first-order chi connectivity index (χ1) is 10.1. The zero-order valence-corrected chi connectivity index (χ0v) is 12.4. The molecule has 2 rings (SSSR count). The van der Waals surface area contributed by atoms with Crippen molar-refractivity contribution in [3.63, 3.8) is 0 Å². The molecule has 2 N–H and O–H groups in total. The van der Waals surface area contributed by atoms with Crippen molar-refractivity contribution in [2.24, 2.45) is 5.10 Å². The first kappa shape index (κ1) is 14.6. The van der Waals surface area contributed by atoms with Crippen LogP contribution in [0.4, 0.5) is 11.8 Å². The van der Waals surface area contributed by atoms with Gasteiger partial charge in [-0.3, -0.25) is 4.98 Å². The van der Waals surface area contributed by atoms with E-state index in [2.05, 4.69) is 20.1 Å². The summed E-state index contributed by atoms with van der Waals surface area (Å²) in [5.41, 5.74) is 8.12. The van der Waals surface area contributed by atoms with Gasteiger partial charge in [-0.25, -0.2) is 9.99 Å². The van der Waals surface area contributed by atoms with E-state index in [0.717, 1.165) is 11.4 Å². The number of hydrazone groups is 1. The predicted octanol–water partition coefficient (Wildman–Crippen LogP) is 2.51. The van der Waals surface area contributed by atoms with Gasteiger partial charge in [0.1, 0.15) is 5.82 Å². The van der Waals surface area contributed by atoms with Crippen LogP contribution in [0.2, 0.25) is 0 Å². The minimum Gasteiger partial charge on any atom is -0.384 e. The first-order valence-electron chi connectivity index (χ1n) is 6.57. The molecule has 0 spiro atoms. The Kier molecular flexibility index (Phi) is 4.61. The second-order valence-electron chi connectivity index (χ2n) is 4.46. The topological polar surface area (TPSA) is 80.3 Å². The maximum atomic E-state index is 5.86. The van der Waals surface area contributed by atoms with Crippen LogP contribution >= 0.6 is 0 Å². The number of allylic oxidation sites excluding steroid dienone is 2. The summed E-state index contributed by atoms with van der Waals surface area (Å²) in [5.74, 6) is 0.811. The van der Waals surface area contributed by atoms with Crippen molar-refractivity contribution in [1.82, 2.24) is 15.0 Å². The number of nitrogen functional groups attached to an aromatic ring is 1. The first-order valence-corrected chi connectivity index (χ1v) is 6.57. The number of hydrogen-bond acceptors (Lipinski definition) is 6. The van der Waals surface area contributed by atoms with Crippen molar-refractivity contribution in [1.29, 1.82) is 0 Å². The summed E-state index contributed by atoms with van der Waals surface area (Å²) >= 11 is 0. The van der Waals surface area contributed by atoms with E-state index in [0.29, 0.717) is 17.5 Å². The van der Waals surface area contributed by atoms with E-state index < -0.39 is 0 Å². The van der Waals surface area contributed by atoms with Gasteiger partial charge in [-0.05, 0) is 32.1 Å². The molecule has 0 amide bonds. The standard InChI is InChI=1S/C15H18N6/c1-4-7-11(2)20-21(3)15-18-13(10-14(16)19-15)12-8-5-6-9-17-12/h4-10H,1-3H3,(H2,16,18,19)/b7-4+,20-11-. The fraction of sp³-hybridized carbons (Fsp3) is 0.200. The summed E-state index contributed by atoms with van der Waals surface area (Å²) in [4.78, 5) is 12.9. The van der Waals surface area contributed by atoms with Gasteiger partial charge in [-0.2, -0.15) is 10.1 Å². The smallest absolute Gasteiger partial charge is 0.248 e. The molecule has 6 heteroatoms. The molecule has 0 aromatic carbocycles. The lowest BCUT2D eigenvalue weighted by molar-refractivity contribution is 0.933. The summed E-state index contributed by atoms with van der Waals surface area (Å²) in [7, 11) is 1.78. The van der Waals surface area contributed by atoms with E-state index in [4.69, 9.17) is 5.73 Å². The maximum Gasteiger partial charge on any atom is 0.248 e. The minimum atomic E-state index is 0.381. The Hall–Kier alpha value is -2.76. The zero-order valence-electron chi connectivity index (χ0n) is 12.4. The molecule has 0 bridgehead atoms. The van der Waals surface area contributed by atoms with E-state index >= 15 is 0 Å². The molecule has 2 aromatic heterocycles. The molecule has 0 saturated heterocycles. The van der Waals surface area contributed by atoms with Crippen LogP contribution in [0.3, 0.4) is 0 Å². The molecule has 2 aromatic rings. The quantitative estimate of drug-likeness (QED) is 0.688. The molecule has 108 valence electrons. The Balaban J connectivity index is 2.38. The van der Waals surface area contributed by atoms with Gasteiger partial charge in [0.15, 0.2) is 0 Å². The fourth-order valence-corrected chi connectivity index (χ4v) is 1.80. The van der Waals surface area contributed by atoms with Crippen molar-refractivity contribution in [2.75, 3.05) is 17.8 Å². The highest BCUT2D eigenvalue weighted by Gasteiger charge is 2.09. The average molecular weight is 282 g/mol. The van der Waals surface area contributed by atoms with Crippen molar-refractivity contribution < 1.29 is 0 Å². The summed E-state index contributed by atoms with van der Waals surface area (Å²) in [6, 6.07) is 7.33. The van der Waals surface area contributed by atoms with Gasteiger partial charge in [-0.15, -0.1) is 0 Å². The highest BCUT2D eigenvalue weighted by Crippen LogP contribution is 2.19. The third-order valence-corrected chi connectivity index (χ3v) is 2.67. The Morgan fingerprint density at radius 2 is 2.10 bits per heavy atom. The zero-order chi connectivity index (χ0) is 15.2. The summed E-state index contributed by atoms with van der Waals surface area (Å²) in [5, 5.41) is 5.97. The third-order valence-electron chi connectivity index (χ3n) is 2.67. The summed E-state index contributed by atoms with van der Waals surface area (Å²) in [6.07, 6.45) is 5.54. The molecule has 21 heavy (non-hydrogen) atoms. The number of anilines is 2. The van der Waals surface area contributed by atoms with Gasteiger partial charge in [0.25, 0.3) is 0 Å². The molecule has 6 nitrogen and oxygen atoms in total. The largest absolute Gasteiger partial charge is 0.384 e. The van der Waals surface area contributed by atoms with Crippen LogP contribution in [0.15, 0.2) is 47.7 Å². The molecule has 0 saturated carbocycles. The van der Waals surface area contributed by atoms with Crippen LogP contribution in [0.5, 0.6) is 0 Å². The summed E-state index contributed by atoms with van der Waals surface area (Å²) in [6.45, 7) is 3.84. The normalized spacial score (nSPS) is 11.9. The Morgan fingerprint density at radius 3 is 2.76 bits per heavy atom. The highest BCUT2D eigenvalue weighted by molar-refractivity contribution is 5.93. The molecule has 0 aliphatic heterocycles. The fourth-order valence-electron chi connectivity index (χ4n) is 1.80. The SMILES string of the molecule is C/C=C/C(C)=N\N(C)c1nc(N)cc(-c2ccccn2)n1. The van der Waals surface area contributed by atoms with Crippen molar-refractivity contribution >= 4 is 17.5 Å². The van der Waals surface area contributed by atoms with Gasteiger partial charge in [0, 0.05) is 19.3 Å². The van der Waals surface area contributed by atoms with Crippen LogP contribution in [0, 0.1) is 0 Å². The van der Waals surface area contributed by atoms with Crippen molar-refractivity contribution in [3.05, 3.63) is 42.6 Å². The predicted molar refractivity (Wildman–Crippen MR) is 86.0 cm³/mol. The molecule has 0 aliphatic rings. The number of pyridine rings is 1. The van der Waals surface area contributed by atoms with E-state index in [1.165, 1.54) is 0 Å². The lowest BCUT2D eigenvalue weighted by atomic mass is 10.2. The number of aromatic nitrogens is 3. The molecule has 0 fully saturated rings. The lowest BCUT2D eigenvalue weighted by Crippen LogP contribution is -2.15. The van der Waals surface area contributed by atoms with Crippen LogP contribution in [0.25, 0.3) is 11.4 Å². The van der Waals surface area contributed by atoms with Crippen LogP contribution in [-0.4, -0.2) is 27.7 Å². The number of hydrogen-bond donors (Lipinski definition) is 1.